The Balaban J connectivity index is 1.56. The first-order chi connectivity index (χ1) is 16.9. The second-order valence-electron chi connectivity index (χ2n) is 13.0. The van der Waals surface area contributed by atoms with Crippen LogP contribution in [0.4, 0.5) is 0 Å². The van der Waals surface area contributed by atoms with Crippen LogP contribution in [0.25, 0.3) is 0 Å². The molecule has 0 aromatic carbocycles. The number of rotatable bonds is 2. The highest BCUT2D eigenvalue weighted by molar-refractivity contribution is 5.97. The lowest BCUT2D eigenvalue weighted by Gasteiger charge is -2.67. The molecule has 0 saturated heterocycles. The predicted octanol–water partition coefficient (Wildman–Crippen LogP) is 0.680. The molecule has 0 amide bonds. The summed E-state index contributed by atoms with van der Waals surface area (Å²) in [6, 6.07) is 0. The molecule has 0 spiro atoms. The van der Waals surface area contributed by atoms with E-state index in [4.69, 9.17) is 4.74 Å². The monoisotopic (exact) mass is 520 g/mol. The molecule has 11 atom stereocenters. The quantitative estimate of drug-likeness (QED) is 0.287. The highest BCUT2D eigenvalue weighted by atomic mass is 16.6. The number of carbonyl (C=O) groups excluding carboxylic acids is 2. The van der Waals surface area contributed by atoms with Gasteiger partial charge >= 0.3 is 5.97 Å². The van der Waals surface area contributed by atoms with E-state index in [0.29, 0.717) is 12.0 Å². The van der Waals surface area contributed by atoms with Crippen LogP contribution in [0.1, 0.15) is 73.1 Å². The minimum Gasteiger partial charge on any atom is -0.455 e. The Morgan fingerprint density at radius 1 is 1.03 bits per heavy atom. The zero-order valence-electron chi connectivity index (χ0n) is 22.2. The topological polar surface area (TPSA) is 165 Å². The average molecular weight is 521 g/mol. The number of esters is 1. The van der Waals surface area contributed by atoms with Gasteiger partial charge in [0.2, 0.25) is 0 Å². The summed E-state index contributed by atoms with van der Waals surface area (Å²) in [5.41, 5.74) is -9.08. The molecule has 1 aliphatic heterocycles. The normalized spacial score (nSPS) is 53.2. The molecule has 0 bridgehead atoms. The maximum absolute atomic E-state index is 13.3. The molecule has 1 heterocycles. The van der Waals surface area contributed by atoms with Gasteiger partial charge in [0.1, 0.15) is 29.0 Å². The van der Waals surface area contributed by atoms with E-state index in [2.05, 4.69) is 0 Å². The summed E-state index contributed by atoms with van der Waals surface area (Å²) in [4.78, 5) is 25.7. The third-order valence-electron chi connectivity index (χ3n) is 11.9. The van der Waals surface area contributed by atoms with Crippen molar-refractivity contribution in [1.29, 1.82) is 0 Å². The largest absolute Gasteiger partial charge is 0.455 e. The van der Waals surface area contributed by atoms with Crippen molar-refractivity contribution in [2.75, 3.05) is 0 Å². The van der Waals surface area contributed by atoms with Crippen molar-refractivity contribution in [3.8, 4) is 0 Å². The number of carbonyl (C=O) groups is 2. The molecule has 5 aliphatic rings. The maximum atomic E-state index is 13.3. The molecule has 3 fully saturated rings. The van der Waals surface area contributed by atoms with Crippen LogP contribution < -0.4 is 0 Å². The molecule has 206 valence electrons. The zero-order valence-corrected chi connectivity index (χ0v) is 22.2. The van der Waals surface area contributed by atoms with Crippen LogP contribution in [0.3, 0.4) is 0 Å². The van der Waals surface area contributed by atoms with Crippen LogP contribution in [0.2, 0.25) is 0 Å². The van der Waals surface area contributed by atoms with Gasteiger partial charge in [-0.1, -0.05) is 12.5 Å². The molecule has 5 rings (SSSR count). The molecule has 9 nitrogen and oxygen atoms in total. The van der Waals surface area contributed by atoms with E-state index in [1.807, 2.05) is 0 Å². The molecule has 11 unspecified atom stereocenters. The smallest absolute Gasteiger partial charge is 0.334 e. The van der Waals surface area contributed by atoms with E-state index in [1.54, 1.807) is 27.7 Å². The van der Waals surface area contributed by atoms with E-state index in [0.717, 1.165) is 5.57 Å². The fourth-order valence-corrected chi connectivity index (χ4v) is 9.03. The number of ketones is 1. The molecule has 4 aliphatic carbocycles. The van der Waals surface area contributed by atoms with Crippen molar-refractivity contribution < 1.29 is 45.0 Å². The van der Waals surface area contributed by atoms with E-state index in [-0.39, 0.29) is 32.1 Å². The lowest BCUT2D eigenvalue weighted by Crippen LogP contribution is -2.77. The second kappa shape index (κ2) is 7.73. The molecule has 0 aromatic heterocycles. The molecule has 0 radical (unpaired) electrons. The molecule has 0 aromatic rings. The van der Waals surface area contributed by atoms with Crippen molar-refractivity contribution in [1.82, 2.24) is 0 Å². The SMILES string of the molecule is CC1=C(C)C(=O)OC(C(C)(O)C2(O)CCC3(O)C4CC(O)C5(O)C(O)C=CC(=O)C5(C)C4CCC32C)C1. The summed E-state index contributed by atoms with van der Waals surface area (Å²) in [6.07, 6.45) is -0.766. The zero-order chi connectivity index (χ0) is 27.6. The molecular formula is C28H40O9. The van der Waals surface area contributed by atoms with E-state index >= 15 is 0 Å². The summed E-state index contributed by atoms with van der Waals surface area (Å²) in [7, 11) is 0. The number of hydrogen-bond donors (Lipinski definition) is 6. The van der Waals surface area contributed by atoms with Crippen molar-refractivity contribution in [2.45, 2.75) is 114 Å². The highest BCUT2D eigenvalue weighted by Crippen LogP contribution is 2.71. The number of ether oxygens (including phenoxy) is 1. The number of aliphatic hydroxyl groups excluding tert-OH is 2. The molecular weight excluding hydrogens is 480 g/mol. The van der Waals surface area contributed by atoms with E-state index in [9.17, 15) is 40.2 Å². The number of cyclic esters (lactones) is 1. The van der Waals surface area contributed by atoms with Gasteiger partial charge in [0, 0.05) is 17.4 Å². The van der Waals surface area contributed by atoms with Crippen molar-refractivity contribution in [3.05, 3.63) is 23.3 Å². The van der Waals surface area contributed by atoms with Gasteiger partial charge in [-0.2, -0.15) is 0 Å². The minimum atomic E-state index is -2.11. The Morgan fingerprint density at radius 3 is 2.30 bits per heavy atom. The molecule has 3 saturated carbocycles. The first-order valence-corrected chi connectivity index (χ1v) is 13.3. The first-order valence-electron chi connectivity index (χ1n) is 13.3. The van der Waals surface area contributed by atoms with Crippen LogP contribution in [0.5, 0.6) is 0 Å². The highest BCUT2D eigenvalue weighted by Gasteiger charge is 2.79. The third-order valence-corrected chi connectivity index (χ3v) is 11.9. The Hall–Kier alpha value is -1.62. The Kier molecular flexibility index (Phi) is 5.64. The van der Waals surface area contributed by atoms with Crippen LogP contribution in [-0.2, 0) is 14.3 Å². The Bertz CT molecular complexity index is 1110. The molecule has 37 heavy (non-hydrogen) atoms. The summed E-state index contributed by atoms with van der Waals surface area (Å²) < 4.78 is 5.58. The lowest BCUT2D eigenvalue weighted by atomic mass is 9.40. The predicted molar refractivity (Wildman–Crippen MR) is 131 cm³/mol. The number of hydrogen-bond acceptors (Lipinski definition) is 9. The Morgan fingerprint density at radius 2 is 1.68 bits per heavy atom. The summed E-state index contributed by atoms with van der Waals surface area (Å²) in [6.45, 7) is 8.16. The van der Waals surface area contributed by atoms with Crippen molar-refractivity contribution in [3.63, 3.8) is 0 Å². The van der Waals surface area contributed by atoms with Crippen molar-refractivity contribution >= 4 is 11.8 Å². The summed E-state index contributed by atoms with van der Waals surface area (Å²) in [5.74, 6) is -2.26. The maximum Gasteiger partial charge on any atom is 0.334 e. The van der Waals surface area contributed by atoms with Gasteiger partial charge in [-0.05, 0) is 83.8 Å². The van der Waals surface area contributed by atoms with Crippen LogP contribution in [-0.4, -0.2) is 83.1 Å². The number of aliphatic hydroxyl groups is 6. The summed E-state index contributed by atoms with van der Waals surface area (Å²) in [5, 5.41) is 70.0. The van der Waals surface area contributed by atoms with Gasteiger partial charge in [-0.3, -0.25) is 4.79 Å². The van der Waals surface area contributed by atoms with Crippen LogP contribution in [0, 0.1) is 22.7 Å². The van der Waals surface area contributed by atoms with Gasteiger partial charge in [-0.15, -0.1) is 0 Å². The van der Waals surface area contributed by atoms with Crippen LogP contribution in [0.15, 0.2) is 23.3 Å². The standard InChI is InChI=1S/C28H40O9/c1-14-12-21(37-22(32)15(14)2)25(5,33)27(35)11-10-26(34)17-13-20(31)28(36)19(30)7-6-18(29)24(28,4)16(17)8-9-23(26,27)3/h6-7,16-17,19-21,30-31,33-36H,8-13H2,1-5H3. The van der Waals surface area contributed by atoms with Gasteiger partial charge in [0.15, 0.2) is 5.78 Å². The number of allylic oxidation sites excluding steroid dienone is 1. The van der Waals surface area contributed by atoms with E-state index < -0.39 is 75.1 Å². The van der Waals surface area contributed by atoms with E-state index in [1.165, 1.54) is 19.1 Å². The average Bonchev–Trinajstić information content (AvgIpc) is 3.06. The van der Waals surface area contributed by atoms with Crippen LogP contribution >= 0.6 is 0 Å². The Labute approximate surface area is 216 Å². The fourth-order valence-electron chi connectivity index (χ4n) is 9.03. The van der Waals surface area contributed by atoms with Gasteiger partial charge in [-0.25, -0.2) is 4.79 Å². The molecule has 9 heteroatoms. The van der Waals surface area contributed by atoms with Gasteiger partial charge in [0.05, 0.1) is 17.1 Å². The molecule has 6 N–H and O–H groups in total. The summed E-state index contributed by atoms with van der Waals surface area (Å²) >= 11 is 0. The minimum absolute atomic E-state index is 0.0135. The lowest BCUT2D eigenvalue weighted by molar-refractivity contribution is -0.308. The van der Waals surface area contributed by atoms with Crippen molar-refractivity contribution in [2.24, 2.45) is 22.7 Å². The third kappa shape index (κ3) is 2.85. The van der Waals surface area contributed by atoms with Gasteiger partial charge in [0.25, 0.3) is 0 Å². The second-order valence-corrected chi connectivity index (χ2v) is 13.0. The first kappa shape index (κ1) is 27.0. The number of fused-ring (bicyclic) bond motifs is 5. The fraction of sp³-hybridized carbons (Fsp3) is 0.786. The van der Waals surface area contributed by atoms with Gasteiger partial charge < -0.3 is 35.4 Å².